The second-order valence-corrected chi connectivity index (χ2v) is 7.75. The van der Waals surface area contributed by atoms with Crippen LogP contribution in [0.5, 0.6) is 5.75 Å². The fraction of sp³-hybridized carbons (Fsp3) is 0.476. The van der Waals surface area contributed by atoms with Gasteiger partial charge >= 0.3 is 0 Å². The average molecular weight is 355 g/mol. The summed E-state index contributed by atoms with van der Waals surface area (Å²) in [5, 5.41) is 3.18. The molecular formula is C21H25NO4. The second kappa shape index (κ2) is 6.80. The van der Waals surface area contributed by atoms with Gasteiger partial charge in [-0.2, -0.15) is 0 Å². The molecule has 0 radical (unpaired) electrons. The molecule has 2 aliphatic rings. The highest BCUT2D eigenvalue weighted by Gasteiger charge is 2.58. The molecule has 0 spiro atoms. The minimum atomic E-state index is -0.177. The topological polar surface area (TPSA) is 60.7 Å². The van der Waals surface area contributed by atoms with Crippen LogP contribution in [0, 0.1) is 11.3 Å². The van der Waals surface area contributed by atoms with Gasteiger partial charge in [-0.05, 0) is 31.0 Å². The molecule has 1 amide bonds. The van der Waals surface area contributed by atoms with Crippen molar-refractivity contribution in [2.24, 2.45) is 11.3 Å². The van der Waals surface area contributed by atoms with E-state index in [9.17, 15) is 4.79 Å². The lowest BCUT2D eigenvalue weighted by molar-refractivity contribution is -0.189. The normalized spacial score (nSPS) is 26.5. The van der Waals surface area contributed by atoms with E-state index in [0.29, 0.717) is 18.3 Å². The molecule has 2 heterocycles. The molecule has 2 aromatic rings. The van der Waals surface area contributed by atoms with Crippen molar-refractivity contribution in [3.8, 4) is 5.75 Å². The minimum absolute atomic E-state index is 0.0615. The van der Waals surface area contributed by atoms with Gasteiger partial charge in [-0.3, -0.25) is 4.79 Å². The first kappa shape index (κ1) is 17.2. The molecule has 26 heavy (non-hydrogen) atoms. The molecule has 1 aromatic carbocycles. The van der Waals surface area contributed by atoms with Gasteiger partial charge in [0, 0.05) is 29.5 Å². The fourth-order valence-electron chi connectivity index (χ4n) is 4.35. The van der Waals surface area contributed by atoms with Crippen molar-refractivity contribution in [2.45, 2.75) is 45.4 Å². The summed E-state index contributed by atoms with van der Waals surface area (Å²) in [5.41, 5.74) is 0.688. The Kier molecular flexibility index (Phi) is 4.49. The predicted octanol–water partition coefficient (Wildman–Crippen LogP) is 3.79. The zero-order valence-corrected chi connectivity index (χ0v) is 15.2. The van der Waals surface area contributed by atoms with E-state index in [0.717, 1.165) is 30.8 Å². The molecule has 1 aromatic heterocycles. The van der Waals surface area contributed by atoms with Crippen LogP contribution in [-0.2, 0) is 11.3 Å². The molecule has 1 saturated heterocycles. The highest BCUT2D eigenvalue weighted by molar-refractivity contribution is 5.93. The van der Waals surface area contributed by atoms with Gasteiger partial charge < -0.3 is 19.2 Å². The van der Waals surface area contributed by atoms with Crippen LogP contribution >= 0.6 is 0 Å². The van der Waals surface area contributed by atoms with Crippen LogP contribution in [0.2, 0.25) is 0 Å². The molecule has 1 saturated carbocycles. The van der Waals surface area contributed by atoms with Crippen LogP contribution < -0.4 is 10.1 Å². The van der Waals surface area contributed by atoms with Gasteiger partial charge in [0.1, 0.15) is 12.4 Å². The van der Waals surface area contributed by atoms with E-state index < -0.39 is 0 Å². The molecule has 1 N–H and O–H groups in total. The number of hydrogen-bond acceptors (Lipinski definition) is 4. The highest BCUT2D eigenvalue weighted by Crippen LogP contribution is 2.51. The Hall–Kier alpha value is -2.27. The average Bonchev–Trinajstić information content (AvgIpc) is 3.14. The van der Waals surface area contributed by atoms with E-state index in [1.165, 1.54) is 6.26 Å². The van der Waals surface area contributed by atoms with Gasteiger partial charge in [0.25, 0.3) is 5.91 Å². The number of benzene rings is 1. The molecule has 3 atom stereocenters. The molecule has 4 rings (SSSR count). The molecule has 138 valence electrons. The van der Waals surface area contributed by atoms with Crippen LogP contribution in [0.25, 0.3) is 0 Å². The maximum Gasteiger partial charge on any atom is 0.287 e. The summed E-state index contributed by atoms with van der Waals surface area (Å²) in [4.78, 5) is 12.8. The number of nitrogens with one attached hydrogen (secondary N) is 1. The Balaban J connectivity index is 1.42. The number of amides is 1. The summed E-state index contributed by atoms with van der Waals surface area (Å²) < 4.78 is 17.1. The maximum absolute atomic E-state index is 12.8. The Morgan fingerprint density at radius 1 is 1.27 bits per heavy atom. The third-order valence-corrected chi connectivity index (χ3v) is 5.71. The highest BCUT2D eigenvalue weighted by atomic mass is 16.5. The molecule has 2 fully saturated rings. The fourth-order valence-corrected chi connectivity index (χ4v) is 4.35. The van der Waals surface area contributed by atoms with Crippen LogP contribution in [0.15, 0.2) is 47.1 Å². The van der Waals surface area contributed by atoms with Gasteiger partial charge in [0.05, 0.1) is 12.4 Å². The van der Waals surface area contributed by atoms with Gasteiger partial charge in [-0.15, -0.1) is 0 Å². The van der Waals surface area contributed by atoms with E-state index in [-0.39, 0.29) is 23.5 Å². The predicted molar refractivity (Wildman–Crippen MR) is 97.0 cm³/mol. The molecule has 1 aliphatic heterocycles. The van der Waals surface area contributed by atoms with Crippen LogP contribution in [0.1, 0.15) is 42.8 Å². The lowest BCUT2D eigenvalue weighted by Crippen LogP contribution is -2.70. The summed E-state index contributed by atoms with van der Waals surface area (Å²) in [6.45, 7) is 5.44. The third kappa shape index (κ3) is 3.01. The quantitative estimate of drug-likeness (QED) is 0.886. The van der Waals surface area contributed by atoms with Crippen LogP contribution in [0.3, 0.4) is 0 Å². The zero-order chi connectivity index (χ0) is 18.1. The molecule has 5 heteroatoms. The Labute approximate surface area is 153 Å². The lowest BCUT2D eigenvalue weighted by atomic mass is 9.55. The standard InChI is InChI=1S/C21H25NO4/c1-21(2)18(16-9-6-11-25-19(16)21)22-20(23)17-14(10-12-24-17)13-26-15-7-4-3-5-8-15/h3-5,7-8,10,12,16,18-19H,6,9,11,13H2,1-2H3,(H,22,23). The Bertz CT molecular complexity index is 767. The largest absolute Gasteiger partial charge is 0.489 e. The molecule has 5 nitrogen and oxygen atoms in total. The SMILES string of the molecule is CC1(C)C(NC(=O)c2occc2COc2ccccc2)C2CCCOC21. The number of carbonyl (C=O) groups is 1. The first-order valence-corrected chi connectivity index (χ1v) is 9.24. The Morgan fingerprint density at radius 2 is 2.08 bits per heavy atom. The van der Waals surface area contributed by atoms with E-state index in [2.05, 4.69) is 19.2 Å². The van der Waals surface area contributed by atoms with Gasteiger partial charge in [0.15, 0.2) is 5.76 Å². The first-order valence-electron chi connectivity index (χ1n) is 9.24. The van der Waals surface area contributed by atoms with Crippen molar-refractivity contribution in [1.29, 1.82) is 0 Å². The van der Waals surface area contributed by atoms with Crippen molar-refractivity contribution in [3.63, 3.8) is 0 Å². The molecule has 0 bridgehead atoms. The summed E-state index contributed by atoms with van der Waals surface area (Å²) in [7, 11) is 0. The molecule has 1 aliphatic carbocycles. The number of rotatable bonds is 5. The monoisotopic (exact) mass is 355 g/mol. The number of furan rings is 1. The van der Waals surface area contributed by atoms with Crippen LogP contribution in [0.4, 0.5) is 0 Å². The van der Waals surface area contributed by atoms with Gasteiger partial charge in [-0.25, -0.2) is 0 Å². The molecular weight excluding hydrogens is 330 g/mol. The van der Waals surface area contributed by atoms with Crippen molar-refractivity contribution < 1.29 is 18.7 Å². The smallest absolute Gasteiger partial charge is 0.287 e. The third-order valence-electron chi connectivity index (χ3n) is 5.71. The lowest BCUT2D eigenvalue weighted by Gasteiger charge is -2.59. The number of carbonyl (C=O) groups excluding carboxylic acids is 1. The van der Waals surface area contributed by atoms with E-state index >= 15 is 0 Å². The summed E-state index contributed by atoms with van der Waals surface area (Å²) >= 11 is 0. The number of para-hydroxylation sites is 1. The van der Waals surface area contributed by atoms with Gasteiger partial charge in [-0.1, -0.05) is 32.0 Å². The van der Waals surface area contributed by atoms with Crippen LogP contribution in [-0.4, -0.2) is 24.7 Å². The second-order valence-electron chi connectivity index (χ2n) is 7.75. The Morgan fingerprint density at radius 3 is 2.88 bits per heavy atom. The van der Waals surface area contributed by atoms with Crippen molar-refractivity contribution in [3.05, 3.63) is 54.0 Å². The summed E-state index contributed by atoms with van der Waals surface area (Å²) in [6, 6.07) is 11.4. The van der Waals surface area contributed by atoms with Gasteiger partial charge in [0.2, 0.25) is 0 Å². The maximum atomic E-state index is 12.8. The minimum Gasteiger partial charge on any atom is -0.489 e. The number of hydrogen-bond donors (Lipinski definition) is 1. The zero-order valence-electron chi connectivity index (χ0n) is 15.2. The number of ether oxygens (including phenoxy) is 2. The first-order chi connectivity index (χ1) is 12.6. The van der Waals surface area contributed by atoms with Crippen molar-refractivity contribution in [2.75, 3.05) is 6.61 Å². The van der Waals surface area contributed by atoms with E-state index in [1.54, 1.807) is 6.07 Å². The van der Waals surface area contributed by atoms with Crippen molar-refractivity contribution in [1.82, 2.24) is 5.32 Å². The van der Waals surface area contributed by atoms with Crippen molar-refractivity contribution >= 4 is 5.91 Å². The number of fused-ring (bicyclic) bond motifs is 1. The summed E-state index contributed by atoms with van der Waals surface area (Å²) in [6.07, 6.45) is 3.93. The molecule has 3 unspecified atom stereocenters. The summed E-state index contributed by atoms with van der Waals surface area (Å²) in [5.74, 6) is 1.31. The van der Waals surface area contributed by atoms with E-state index in [4.69, 9.17) is 13.9 Å². The van der Waals surface area contributed by atoms with E-state index in [1.807, 2.05) is 30.3 Å².